The standard InChI is InChI=1S/C18H21N5/c1-13-14(2)21-17-6-4-3-5-16(17)18(13)22-9-7-15(8-10-22)23-12-19-11-20-23/h3-6,11-12,15H,7-10H2,1-2H3. The summed E-state index contributed by atoms with van der Waals surface area (Å²) < 4.78 is 2.00. The summed E-state index contributed by atoms with van der Waals surface area (Å²) in [5, 5.41) is 5.56. The van der Waals surface area contributed by atoms with Crippen molar-refractivity contribution in [1.29, 1.82) is 0 Å². The molecule has 1 aliphatic heterocycles. The molecule has 23 heavy (non-hydrogen) atoms. The zero-order chi connectivity index (χ0) is 15.8. The Morgan fingerprint density at radius 1 is 1.09 bits per heavy atom. The molecule has 1 fully saturated rings. The van der Waals surface area contributed by atoms with Gasteiger partial charge in [-0.15, -0.1) is 0 Å². The van der Waals surface area contributed by atoms with E-state index in [-0.39, 0.29) is 0 Å². The third kappa shape index (κ3) is 2.46. The maximum absolute atomic E-state index is 4.74. The summed E-state index contributed by atoms with van der Waals surface area (Å²) in [6.45, 7) is 6.37. The van der Waals surface area contributed by atoms with Gasteiger partial charge < -0.3 is 4.90 Å². The average Bonchev–Trinajstić information content (AvgIpc) is 3.11. The van der Waals surface area contributed by atoms with Gasteiger partial charge in [0.1, 0.15) is 12.7 Å². The van der Waals surface area contributed by atoms with E-state index in [9.17, 15) is 0 Å². The summed E-state index contributed by atoms with van der Waals surface area (Å²) in [7, 11) is 0. The molecule has 118 valence electrons. The van der Waals surface area contributed by atoms with Crippen molar-refractivity contribution in [2.45, 2.75) is 32.7 Å². The van der Waals surface area contributed by atoms with E-state index in [0.29, 0.717) is 6.04 Å². The molecule has 0 bridgehead atoms. The second-order valence-corrected chi connectivity index (χ2v) is 6.28. The fraction of sp³-hybridized carbons (Fsp3) is 0.389. The molecule has 0 unspecified atom stereocenters. The Morgan fingerprint density at radius 3 is 2.61 bits per heavy atom. The van der Waals surface area contributed by atoms with E-state index in [1.54, 1.807) is 6.33 Å². The van der Waals surface area contributed by atoms with Gasteiger partial charge in [-0.05, 0) is 38.3 Å². The third-order valence-electron chi connectivity index (χ3n) is 4.94. The summed E-state index contributed by atoms with van der Waals surface area (Å²) in [5.74, 6) is 0. The molecule has 1 aromatic carbocycles. The lowest BCUT2D eigenvalue weighted by atomic mass is 10.0. The topological polar surface area (TPSA) is 46.8 Å². The van der Waals surface area contributed by atoms with E-state index in [2.05, 4.69) is 53.1 Å². The molecule has 1 aliphatic rings. The molecule has 3 heterocycles. The second kappa shape index (κ2) is 5.65. The summed E-state index contributed by atoms with van der Waals surface area (Å²) in [5.41, 5.74) is 4.86. The largest absolute Gasteiger partial charge is 0.371 e. The minimum atomic E-state index is 0.461. The lowest BCUT2D eigenvalue weighted by Gasteiger charge is -2.35. The van der Waals surface area contributed by atoms with E-state index in [1.807, 2.05) is 11.0 Å². The Morgan fingerprint density at radius 2 is 1.87 bits per heavy atom. The molecule has 0 N–H and O–H groups in total. The first kappa shape index (κ1) is 14.2. The molecule has 2 aromatic heterocycles. The quantitative estimate of drug-likeness (QED) is 0.729. The molecule has 4 rings (SSSR count). The van der Waals surface area contributed by atoms with Gasteiger partial charge in [0.05, 0.1) is 17.2 Å². The fourth-order valence-electron chi connectivity index (χ4n) is 3.58. The van der Waals surface area contributed by atoms with E-state index < -0.39 is 0 Å². The van der Waals surface area contributed by atoms with Crippen LogP contribution in [0.5, 0.6) is 0 Å². The molecule has 3 aromatic rings. The van der Waals surface area contributed by atoms with Crippen molar-refractivity contribution >= 4 is 16.6 Å². The van der Waals surface area contributed by atoms with Crippen molar-refractivity contribution in [2.24, 2.45) is 0 Å². The minimum Gasteiger partial charge on any atom is -0.371 e. The van der Waals surface area contributed by atoms with E-state index in [0.717, 1.165) is 37.1 Å². The van der Waals surface area contributed by atoms with Crippen LogP contribution in [0.2, 0.25) is 0 Å². The number of hydrogen-bond donors (Lipinski definition) is 0. The zero-order valence-electron chi connectivity index (χ0n) is 13.6. The fourth-order valence-corrected chi connectivity index (χ4v) is 3.58. The van der Waals surface area contributed by atoms with Crippen LogP contribution in [0.1, 0.15) is 30.1 Å². The van der Waals surface area contributed by atoms with Gasteiger partial charge >= 0.3 is 0 Å². The summed E-state index contributed by atoms with van der Waals surface area (Å²) in [6.07, 6.45) is 5.64. The van der Waals surface area contributed by atoms with Crippen LogP contribution in [0.3, 0.4) is 0 Å². The Labute approximate surface area is 136 Å². The lowest BCUT2D eigenvalue weighted by molar-refractivity contribution is 0.366. The van der Waals surface area contributed by atoms with Gasteiger partial charge in [-0.1, -0.05) is 18.2 Å². The Balaban J connectivity index is 1.67. The predicted molar refractivity (Wildman–Crippen MR) is 91.7 cm³/mol. The number of pyridine rings is 1. The maximum Gasteiger partial charge on any atom is 0.137 e. The molecule has 0 radical (unpaired) electrons. The maximum atomic E-state index is 4.74. The first-order chi connectivity index (χ1) is 11.2. The van der Waals surface area contributed by atoms with Gasteiger partial charge in [-0.25, -0.2) is 9.67 Å². The third-order valence-corrected chi connectivity index (χ3v) is 4.94. The first-order valence-corrected chi connectivity index (χ1v) is 8.19. The minimum absolute atomic E-state index is 0.461. The van der Waals surface area contributed by atoms with Crippen LogP contribution in [-0.2, 0) is 0 Å². The zero-order valence-corrected chi connectivity index (χ0v) is 13.6. The number of hydrogen-bond acceptors (Lipinski definition) is 4. The van der Waals surface area contributed by atoms with Crippen LogP contribution in [-0.4, -0.2) is 32.8 Å². The van der Waals surface area contributed by atoms with Crippen LogP contribution in [0.4, 0.5) is 5.69 Å². The number of fused-ring (bicyclic) bond motifs is 1. The molecule has 0 saturated carbocycles. The summed E-state index contributed by atoms with van der Waals surface area (Å²) >= 11 is 0. The summed E-state index contributed by atoms with van der Waals surface area (Å²) in [4.78, 5) is 11.3. The number of rotatable bonds is 2. The van der Waals surface area contributed by atoms with Gasteiger partial charge in [0.15, 0.2) is 0 Å². The van der Waals surface area contributed by atoms with Crippen LogP contribution in [0.25, 0.3) is 10.9 Å². The summed E-state index contributed by atoms with van der Waals surface area (Å²) in [6, 6.07) is 8.92. The van der Waals surface area contributed by atoms with Crippen LogP contribution in [0, 0.1) is 13.8 Å². The number of nitrogens with zero attached hydrogens (tertiary/aromatic N) is 5. The normalized spacial score (nSPS) is 16.2. The lowest BCUT2D eigenvalue weighted by Crippen LogP contribution is -2.35. The van der Waals surface area contributed by atoms with Gasteiger partial charge in [0, 0.05) is 24.2 Å². The van der Waals surface area contributed by atoms with Crippen molar-refractivity contribution in [3.8, 4) is 0 Å². The first-order valence-electron chi connectivity index (χ1n) is 8.19. The molecular weight excluding hydrogens is 286 g/mol. The number of piperidine rings is 1. The SMILES string of the molecule is Cc1nc2ccccc2c(N2CCC(n3cncn3)CC2)c1C. The highest BCUT2D eigenvalue weighted by atomic mass is 15.3. The number of para-hydroxylation sites is 1. The molecular formula is C18H21N5. The van der Waals surface area contributed by atoms with E-state index >= 15 is 0 Å². The van der Waals surface area contributed by atoms with Gasteiger partial charge in [-0.3, -0.25) is 4.98 Å². The molecule has 0 aliphatic carbocycles. The molecule has 5 heteroatoms. The van der Waals surface area contributed by atoms with Gasteiger partial charge in [-0.2, -0.15) is 5.10 Å². The highest BCUT2D eigenvalue weighted by molar-refractivity contribution is 5.93. The number of anilines is 1. The average molecular weight is 307 g/mol. The Hall–Kier alpha value is -2.43. The molecule has 0 amide bonds. The van der Waals surface area contributed by atoms with E-state index in [4.69, 9.17) is 4.98 Å². The monoisotopic (exact) mass is 307 g/mol. The predicted octanol–water partition coefficient (Wildman–Crippen LogP) is 3.28. The molecule has 5 nitrogen and oxygen atoms in total. The van der Waals surface area contributed by atoms with Crippen molar-refractivity contribution < 1.29 is 0 Å². The smallest absolute Gasteiger partial charge is 0.137 e. The highest BCUT2D eigenvalue weighted by Gasteiger charge is 2.24. The van der Waals surface area contributed by atoms with Crippen molar-refractivity contribution in [3.63, 3.8) is 0 Å². The Bertz CT molecular complexity index is 817. The molecule has 0 atom stereocenters. The molecule has 1 saturated heterocycles. The Kier molecular flexibility index (Phi) is 3.48. The number of aromatic nitrogens is 4. The van der Waals surface area contributed by atoms with Gasteiger partial charge in [0.25, 0.3) is 0 Å². The van der Waals surface area contributed by atoms with Crippen LogP contribution in [0.15, 0.2) is 36.9 Å². The number of benzene rings is 1. The van der Waals surface area contributed by atoms with Crippen LogP contribution < -0.4 is 4.90 Å². The van der Waals surface area contributed by atoms with Crippen molar-refractivity contribution in [2.75, 3.05) is 18.0 Å². The highest BCUT2D eigenvalue weighted by Crippen LogP contribution is 2.34. The molecule has 0 spiro atoms. The van der Waals surface area contributed by atoms with Crippen molar-refractivity contribution in [3.05, 3.63) is 48.2 Å². The van der Waals surface area contributed by atoms with E-state index in [1.165, 1.54) is 16.6 Å². The second-order valence-electron chi connectivity index (χ2n) is 6.28. The number of aryl methyl sites for hydroxylation is 1. The van der Waals surface area contributed by atoms with Crippen LogP contribution >= 0.6 is 0 Å². The van der Waals surface area contributed by atoms with Gasteiger partial charge in [0.2, 0.25) is 0 Å². The van der Waals surface area contributed by atoms with Crippen molar-refractivity contribution in [1.82, 2.24) is 19.7 Å².